The number of halogens is 4. The van der Waals surface area contributed by atoms with Crippen LogP contribution in [0.4, 0.5) is 13.2 Å². The molecule has 1 aromatic rings. The van der Waals surface area contributed by atoms with Crippen LogP contribution in [0.1, 0.15) is 17.5 Å². The Labute approximate surface area is 128 Å². The average molecular weight is 347 g/mol. The van der Waals surface area contributed by atoms with Gasteiger partial charge < -0.3 is 5.32 Å². The number of nitrogens with one attached hydrogen (secondary N) is 2. The zero-order chi connectivity index (χ0) is 15.2. The van der Waals surface area contributed by atoms with E-state index in [0.717, 1.165) is 12.1 Å². The molecule has 0 fully saturated rings. The Morgan fingerprint density at radius 1 is 1.19 bits per heavy atom. The van der Waals surface area contributed by atoms with E-state index in [4.69, 9.17) is 0 Å². The normalized spacial score (nSPS) is 12.0. The molecule has 1 aromatic carbocycles. The highest BCUT2D eigenvalue weighted by molar-refractivity contribution is 7.88. The van der Waals surface area contributed by atoms with Crippen molar-refractivity contribution < 1.29 is 21.6 Å². The van der Waals surface area contributed by atoms with Gasteiger partial charge in [-0.1, -0.05) is 18.2 Å². The third-order valence-corrected chi connectivity index (χ3v) is 3.89. The Kier molecular flexibility index (Phi) is 8.23. The summed E-state index contributed by atoms with van der Waals surface area (Å²) in [5.41, 5.74) is -0.735. The predicted octanol–water partition coefficient (Wildman–Crippen LogP) is 2.16. The molecule has 0 aliphatic rings. The van der Waals surface area contributed by atoms with Gasteiger partial charge in [-0.25, -0.2) is 13.1 Å². The molecule has 0 radical (unpaired) electrons. The van der Waals surface area contributed by atoms with E-state index in [1.54, 1.807) is 7.05 Å². The van der Waals surface area contributed by atoms with Crippen molar-refractivity contribution in [3.63, 3.8) is 0 Å². The highest BCUT2D eigenvalue weighted by Crippen LogP contribution is 2.29. The van der Waals surface area contributed by atoms with E-state index in [1.807, 2.05) is 0 Å². The minimum absolute atomic E-state index is 0. The number of alkyl halides is 3. The van der Waals surface area contributed by atoms with Crippen molar-refractivity contribution in [2.75, 3.05) is 20.1 Å². The zero-order valence-electron chi connectivity index (χ0n) is 11.4. The first-order valence-corrected chi connectivity index (χ1v) is 7.68. The number of benzene rings is 1. The molecule has 9 heteroatoms. The second kappa shape index (κ2) is 8.57. The minimum Gasteiger partial charge on any atom is -0.320 e. The molecule has 0 aliphatic carbocycles. The lowest BCUT2D eigenvalue weighted by Crippen LogP contribution is -2.28. The molecular weight excluding hydrogens is 329 g/mol. The van der Waals surface area contributed by atoms with Crippen LogP contribution in [-0.4, -0.2) is 28.6 Å². The van der Waals surface area contributed by atoms with Crippen molar-refractivity contribution in [2.45, 2.75) is 18.3 Å². The fraction of sp³-hybridized carbons (Fsp3) is 0.500. The first-order chi connectivity index (χ1) is 9.24. The number of hydrogen-bond donors (Lipinski definition) is 2. The maximum absolute atomic E-state index is 12.5. The maximum Gasteiger partial charge on any atom is 0.416 e. The van der Waals surface area contributed by atoms with Crippen molar-refractivity contribution in [3.8, 4) is 0 Å². The van der Waals surface area contributed by atoms with Gasteiger partial charge in [0, 0.05) is 6.54 Å². The predicted molar refractivity (Wildman–Crippen MR) is 77.9 cm³/mol. The third kappa shape index (κ3) is 7.66. The Balaban J connectivity index is 0.00000400. The van der Waals surface area contributed by atoms with Crippen LogP contribution in [0.15, 0.2) is 24.3 Å². The number of sulfonamides is 1. The van der Waals surface area contributed by atoms with E-state index in [0.29, 0.717) is 13.0 Å². The lowest BCUT2D eigenvalue weighted by molar-refractivity contribution is -0.137. The third-order valence-electron chi connectivity index (χ3n) is 2.54. The van der Waals surface area contributed by atoms with Gasteiger partial charge >= 0.3 is 6.18 Å². The second-order valence-electron chi connectivity index (χ2n) is 4.31. The van der Waals surface area contributed by atoms with Gasteiger partial charge in [0.25, 0.3) is 0 Å². The van der Waals surface area contributed by atoms with Crippen molar-refractivity contribution in [1.82, 2.24) is 10.0 Å². The summed E-state index contributed by atoms with van der Waals surface area (Å²) in [6.07, 6.45) is -3.86. The average Bonchev–Trinajstić information content (AvgIpc) is 2.33. The molecule has 2 N–H and O–H groups in total. The van der Waals surface area contributed by atoms with Crippen LogP contribution in [0.2, 0.25) is 0 Å². The largest absolute Gasteiger partial charge is 0.416 e. The minimum atomic E-state index is -4.47. The molecule has 0 bridgehead atoms. The monoisotopic (exact) mass is 346 g/mol. The topological polar surface area (TPSA) is 58.2 Å². The van der Waals surface area contributed by atoms with Gasteiger partial charge in [-0.2, -0.15) is 13.2 Å². The summed E-state index contributed by atoms with van der Waals surface area (Å²) < 4.78 is 63.3. The SMILES string of the molecule is CNCCCNS(=O)(=O)Cc1cccc(C(F)(F)F)c1.Cl. The van der Waals surface area contributed by atoms with Gasteiger partial charge in [-0.3, -0.25) is 0 Å². The summed E-state index contributed by atoms with van der Waals surface area (Å²) in [7, 11) is -1.88. The van der Waals surface area contributed by atoms with Gasteiger partial charge in [-0.05, 0) is 31.6 Å². The first kappa shape index (κ1) is 20.2. The van der Waals surface area contributed by atoms with Crippen LogP contribution >= 0.6 is 12.4 Å². The molecule has 0 unspecified atom stereocenters. The fourth-order valence-corrected chi connectivity index (χ4v) is 2.78. The van der Waals surface area contributed by atoms with E-state index in [1.165, 1.54) is 12.1 Å². The Morgan fingerprint density at radius 2 is 1.86 bits per heavy atom. The van der Waals surface area contributed by atoms with Crippen molar-refractivity contribution >= 4 is 22.4 Å². The van der Waals surface area contributed by atoms with Crippen LogP contribution in [0.25, 0.3) is 0 Å². The lowest BCUT2D eigenvalue weighted by atomic mass is 10.1. The number of hydrogen-bond acceptors (Lipinski definition) is 3. The number of rotatable bonds is 7. The first-order valence-electron chi connectivity index (χ1n) is 6.03. The second-order valence-corrected chi connectivity index (χ2v) is 6.12. The molecule has 122 valence electrons. The summed E-state index contributed by atoms with van der Waals surface area (Å²) in [6.45, 7) is 0.911. The molecule has 0 saturated heterocycles. The molecule has 0 aromatic heterocycles. The molecule has 0 saturated carbocycles. The van der Waals surface area contributed by atoms with Crippen LogP contribution in [0, 0.1) is 0 Å². The molecule has 0 spiro atoms. The molecule has 21 heavy (non-hydrogen) atoms. The highest BCUT2D eigenvalue weighted by Gasteiger charge is 2.30. The van der Waals surface area contributed by atoms with E-state index < -0.39 is 27.5 Å². The van der Waals surface area contributed by atoms with Crippen LogP contribution in [0.5, 0.6) is 0 Å². The molecule has 0 aliphatic heterocycles. The molecule has 0 heterocycles. The summed E-state index contributed by atoms with van der Waals surface area (Å²) in [6, 6.07) is 4.33. The van der Waals surface area contributed by atoms with Gasteiger partial charge in [0.15, 0.2) is 0 Å². The van der Waals surface area contributed by atoms with E-state index >= 15 is 0 Å². The standard InChI is InChI=1S/C12H17F3N2O2S.ClH/c1-16-6-3-7-17-20(18,19)9-10-4-2-5-11(8-10)12(13,14)15;/h2,4-5,8,16-17H,3,6-7,9H2,1H3;1H. The van der Waals surface area contributed by atoms with E-state index in [-0.39, 0.29) is 24.5 Å². The summed E-state index contributed by atoms with van der Waals surface area (Å²) in [4.78, 5) is 0. The van der Waals surface area contributed by atoms with Gasteiger partial charge in [-0.15, -0.1) is 12.4 Å². The zero-order valence-corrected chi connectivity index (χ0v) is 13.0. The quantitative estimate of drug-likeness (QED) is 0.744. The van der Waals surface area contributed by atoms with Gasteiger partial charge in [0.2, 0.25) is 10.0 Å². The Morgan fingerprint density at radius 3 is 2.43 bits per heavy atom. The Bertz CT molecular complexity index is 536. The van der Waals surface area contributed by atoms with E-state index in [2.05, 4.69) is 10.0 Å². The van der Waals surface area contributed by atoms with Crippen LogP contribution < -0.4 is 10.0 Å². The molecular formula is C12H18ClF3N2O2S. The molecule has 4 nitrogen and oxygen atoms in total. The van der Waals surface area contributed by atoms with Gasteiger partial charge in [0.1, 0.15) is 0 Å². The molecule has 0 atom stereocenters. The molecule has 1 rings (SSSR count). The summed E-state index contributed by atoms with van der Waals surface area (Å²) >= 11 is 0. The summed E-state index contributed by atoms with van der Waals surface area (Å²) in [5.74, 6) is -0.462. The van der Waals surface area contributed by atoms with Crippen molar-refractivity contribution in [1.29, 1.82) is 0 Å². The van der Waals surface area contributed by atoms with Crippen molar-refractivity contribution in [2.24, 2.45) is 0 Å². The Hall–Kier alpha value is -0.830. The van der Waals surface area contributed by atoms with Gasteiger partial charge in [0.05, 0.1) is 11.3 Å². The lowest BCUT2D eigenvalue weighted by Gasteiger charge is -2.10. The molecule has 0 amide bonds. The fourth-order valence-electron chi connectivity index (χ4n) is 1.60. The van der Waals surface area contributed by atoms with Crippen LogP contribution in [0.3, 0.4) is 0 Å². The van der Waals surface area contributed by atoms with Crippen LogP contribution in [-0.2, 0) is 22.0 Å². The summed E-state index contributed by atoms with van der Waals surface area (Å²) in [5, 5.41) is 2.87. The van der Waals surface area contributed by atoms with E-state index in [9.17, 15) is 21.6 Å². The maximum atomic E-state index is 12.5. The smallest absolute Gasteiger partial charge is 0.320 e. The van der Waals surface area contributed by atoms with Crippen molar-refractivity contribution in [3.05, 3.63) is 35.4 Å². The highest BCUT2D eigenvalue weighted by atomic mass is 35.5.